The number of nitrogens with one attached hydrogen (secondary N) is 1. The largest absolute Gasteiger partial charge is 0.438 e. The molecular weight excluding hydrogens is 204 g/mol. The SMILES string of the molecule is CC(C)[C@@H](NC(=O)c1cnco1)C(C)(C)C.[HH]. The lowest BCUT2D eigenvalue weighted by atomic mass is 9.80. The molecule has 0 aliphatic rings. The molecule has 92 valence electrons. The Morgan fingerprint density at radius 1 is 1.50 bits per heavy atom. The summed E-state index contributed by atoms with van der Waals surface area (Å²) >= 11 is 0. The molecule has 4 heteroatoms. The van der Waals surface area contributed by atoms with Crippen LogP contribution < -0.4 is 5.32 Å². The van der Waals surface area contributed by atoms with Crippen molar-refractivity contribution in [2.75, 3.05) is 0 Å². The van der Waals surface area contributed by atoms with Crippen LogP contribution in [0.2, 0.25) is 0 Å². The lowest BCUT2D eigenvalue weighted by molar-refractivity contribution is 0.0845. The average molecular weight is 226 g/mol. The predicted molar refractivity (Wildman–Crippen MR) is 64.2 cm³/mol. The molecule has 0 unspecified atom stereocenters. The van der Waals surface area contributed by atoms with Gasteiger partial charge in [-0.25, -0.2) is 4.98 Å². The first-order valence-corrected chi connectivity index (χ1v) is 5.51. The zero-order chi connectivity index (χ0) is 12.3. The number of hydrogen-bond acceptors (Lipinski definition) is 3. The van der Waals surface area contributed by atoms with Crippen molar-refractivity contribution in [3.63, 3.8) is 0 Å². The fourth-order valence-electron chi connectivity index (χ4n) is 1.92. The van der Waals surface area contributed by atoms with E-state index in [-0.39, 0.29) is 24.6 Å². The van der Waals surface area contributed by atoms with Crippen molar-refractivity contribution in [1.29, 1.82) is 0 Å². The van der Waals surface area contributed by atoms with E-state index in [1.165, 1.54) is 12.6 Å². The summed E-state index contributed by atoms with van der Waals surface area (Å²) in [6, 6.07) is 0.102. The number of nitrogens with zero attached hydrogens (tertiary/aromatic N) is 1. The second-order valence-corrected chi connectivity index (χ2v) is 5.43. The fraction of sp³-hybridized carbons (Fsp3) is 0.667. The minimum absolute atomic E-state index is 0. The van der Waals surface area contributed by atoms with E-state index < -0.39 is 0 Å². The fourth-order valence-corrected chi connectivity index (χ4v) is 1.92. The Bertz CT molecular complexity index is 342. The maximum Gasteiger partial charge on any atom is 0.288 e. The van der Waals surface area contributed by atoms with Crippen LogP contribution in [-0.2, 0) is 0 Å². The molecule has 1 atom stereocenters. The van der Waals surface area contributed by atoms with Crippen LogP contribution in [-0.4, -0.2) is 16.9 Å². The molecule has 0 saturated heterocycles. The summed E-state index contributed by atoms with van der Waals surface area (Å²) in [6.07, 6.45) is 2.69. The Labute approximate surface area is 97.9 Å². The quantitative estimate of drug-likeness (QED) is 0.862. The van der Waals surface area contributed by atoms with Gasteiger partial charge in [-0.15, -0.1) is 0 Å². The molecule has 4 nitrogen and oxygen atoms in total. The number of aromatic nitrogens is 1. The molecular formula is C12H22N2O2. The molecule has 0 radical (unpaired) electrons. The van der Waals surface area contributed by atoms with E-state index >= 15 is 0 Å². The molecule has 0 saturated carbocycles. The number of carbonyl (C=O) groups is 1. The van der Waals surface area contributed by atoms with Crippen LogP contribution in [0, 0.1) is 11.3 Å². The van der Waals surface area contributed by atoms with Gasteiger partial charge >= 0.3 is 0 Å². The molecule has 0 aliphatic carbocycles. The van der Waals surface area contributed by atoms with Gasteiger partial charge in [0.1, 0.15) is 0 Å². The van der Waals surface area contributed by atoms with Crippen molar-refractivity contribution in [2.45, 2.75) is 40.7 Å². The first kappa shape index (κ1) is 12.7. The first-order valence-electron chi connectivity index (χ1n) is 5.51. The van der Waals surface area contributed by atoms with Crippen LogP contribution in [0.15, 0.2) is 17.0 Å². The van der Waals surface area contributed by atoms with Crippen molar-refractivity contribution in [1.82, 2.24) is 10.3 Å². The molecule has 0 aromatic carbocycles. The minimum Gasteiger partial charge on any atom is -0.438 e. The van der Waals surface area contributed by atoms with Crippen LogP contribution >= 0.6 is 0 Å². The average Bonchev–Trinajstić information content (AvgIpc) is 2.63. The van der Waals surface area contributed by atoms with Crippen LogP contribution in [0.1, 0.15) is 46.6 Å². The van der Waals surface area contributed by atoms with Crippen molar-refractivity contribution in [3.8, 4) is 0 Å². The normalized spacial score (nSPS) is 13.9. The molecule has 1 aromatic heterocycles. The zero-order valence-corrected chi connectivity index (χ0v) is 10.6. The Morgan fingerprint density at radius 3 is 2.50 bits per heavy atom. The second kappa shape index (κ2) is 4.68. The molecule has 1 heterocycles. The van der Waals surface area contributed by atoms with Gasteiger partial charge in [0.25, 0.3) is 5.91 Å². The van der Waals surface area contributed by atoms with E-state index in [2.05, 4.69) is 44.9 Å². The van der Waals surface area contributed by atoms with Crippen molar-refractivity contribution < 1.29 is 10.6 Å². The van der Waals surface area contributed by atoms with Gasteiger partial charge in [0.05, 0.1) is 6.20 Å². The Morgan fingerprint density at radius 2 is 2.12 bits per heavy atom. The van der Waals surface area contributed by atoms with E-state index in [0.29, 0.717) is 5.92 Å². The summed E-state index contributed by atoms with van der Waals surface area (Å²) in [5.41, 5.74) is 0.0177. The molecule has 0 bridgehead atoms. The Balaban J connectivity index is 0.00000256. The summed E-state index contributed by atoms with van der Waals surface area (Å²) in [7, 11) is 0. The monoisotopic (exact) mass is 226 g/mol. The highest BCUT2D eigenvalue weighted by atomic mass is 16.3. The number of hydrogen-bond donors (Lipinski definition) is 1. The van der Waals surface area contributed by atoms with Gasteiger partial charge in [0.2, 0.25) is 5.76 Å². The summed E-state index contributed by atoms with van der Waals surface area (Å²) in [4.78, 5) is 15.6. The van der Waals surface area contributed by atoms with Crippen LogP contribution in [0.4, 0.5) is 0 Å². The lowest BCUT2D eigenvalue weighted by Crippen LogP contribution is -2.47. The standard InChI is InChI=1S/C12H20N2O2.H2/c1-8(2)10(12(3,4)5)14-11(15)9-6-13-7-16-9;/h6-8,10H,1-5H3,(H,14,15);1H/t10-;/m1./s1. The number of carbonyl (C=O) groups excluding carboxylic acids is 1. The lowest BCUT2D eigenvalue weighted by Gasteiger charge is -2.34. The Kier molecular flexibility index (Phi) is 3.73. The van der Waals surface area contributed by atoms with Gasteiger partial charge in [0, 0.05) is 7.47 Å². The van der Waals surface area contributed by atoms with Crippen LogP contribution in [0.3, 0.4) is 0 Å². The van der Waals surface area contributed by atoms with E-state index in [9.17, 15) is 4.79 Å². The maximum atomic E-state index is 11.8. The minimum atomic E-state index is -0.203. The molecule has 0 spiro atoms. The molecule has 16 heavy (non-hydrogen) atoms. The third-order valence-electron chi connectivity index (χ3n) is 2.54. The number of amides is 1. The van der Waals surface area contributed by atoms with Gasteiger partial charge in [0.15, 0.2) is 6.39 Å². The highest BCUT2D eigenvalue weighted by Crippen LogP contribution is 2.25. The second-order valence-electron chi connectivity index (χ2n) is 5.43. The van der Waals surface area contributed by atoms with Crippen LogP contribution in [0.25, 0.3) is 0 Å². The topological polar surface area (TPSA) is 55.1 Å². The van der Waals surface area contributed by atoms with Gasteiger partial charge < -0.3 is 9.73 Å². The third-order valence-corrected chi connectivity index (χ3v) is 2.54. The zero-order valence-electron chi connectivity index (χ0n) is 10.6. The van der Waals surface area contributed by atoms with Gasteiger partial charge in [-0.1, -0.05) is 34.6 Å². The molecule has 0 aliphatic heterocycles. The van der Waals surface area contributed by atoms with Crippen molar-refractivity contribution in [3.05, 3.63) is 18.4 Å². The molecule has 1 amide bonds. The smallest absolute Gasteiger partial charge is 0.288 e. The molecule has 1 N–H and O–H groups in total. The number of oxazole rings is 1. The molecule has 1 aromatic rings. The summed E-state index contributed by atoms with van der Waals surface area (Å²) in [6.45, 7) is 10.5. The van der Waals surface area contributed by atoms with Gasteiger partial charge in [-0.2, -0.15) is 0 Å². The summed E-state index contributed by atoms with van der Waals surface area (Å²) in [5, 5.41) is 2.99. The molecule has 1 rings (SSSR count). The van der Waals surface area contributed by atoms with E-state index in [1.807, 2.05) is 0 Å². The first-order chi connectivity index (χ1) is 7.32. The molecule has 0 fully saturated rings. The van der Waals surface area contributed by atoms with Crippen LogP contribution in [0.5, 0.6) is 0 Å². The third kappa shape index (κ3) is 3.08. The van der Waals surface area contributed by atoms with Crippen molar-refractivity contribution in [2.24, 2.45) is 11.3 Å². The summed E-state index contributed by atoms with van der Waals surface area (Å²) < 4.78 is 4.97. The predicted octanol–water partition coefficient (Wildman–Crippen LogP) is 2.72. The van der Waals surface area contributed by atoms with E-state index in [1.54, 1.807) is 0 Å². The highest BCUT2D eigenvalue weighted by molar-refractivity contribution is 5.91. The summed E-state index contributed by atoms with van der Waals surface area (Å²) in [5.74, 6) is 0.424. The van der Waals surface area contributed by atoms with E-state index in [4.69, 9.17) is 4.42 Å². The van der Waals surface area contributed by atoms with Gasteiger partial charge in [-0.05, 0) is 11.3 Å². The maximum absolute atomic E-state index is 11.8. The Hall–Kier alpha value is -1.32. The highest BCUT2D eigenvalue weighted by Gasteiger charge is 2.29. The van der Waals surface area contributed by atoms with Gasteiger partial charge in [-0.3, -0.25) is 4.79 Å². The van der Waals surface area contributed by atoms with Crippen molar-refractivity contribution >= 4 is 5.91 Å². The van der Waals surface area contributed by atoms with E-state index in [0.717, 1.165) is 0 Å². The number of rotatable bonds is 3.